The van der Waals surface area contributed by atoms with Gasteiger partial charge >= 0.3 is 0 Å². The fourth-order valence-corrected chi connectivity index (χ4v) is 4.30. The predicted octanol–water partition coefficient (Wildman–Crippen LogP) is 3.94. The number of fused-ring (bicyclic) bond motifs is 1. The van der Waals surface area contributed by atoms with Crippen molar-refractivity contribution in [1.82, 2.24) is 9.88 Å². The summed E-state index contributed by atoms with van der Waals surface area (Å²) in [6, 6.07) is 15.8. The van der Waals surface area contributed by atoms with Gasteiger partial charge in [-0.3, -0.25) is 4.79 Å². The zero-order chi connectivity index (χ0) is 17.2. The number of carbonyl (C=O) groups excluding carboxylic acids is 1. The van der Waals surface area contributed by atoms with Crippen LogP contribution in [-0.4, -0.2) is 29.4 Å². The van der Waals surface area contributed by atoms with E-state index in [2.05, 4.69) is 28.6 Å². The maximum absolute atomic E-state index is 13.3. The summed E-state index contributed by atoms with van der Waals surface area (Å²) in [7, 11) is 1.54. The monoisotopic (exact) mass is 350 g/mol. The first-order valence-electron chi connectivity index (χ1n) is 8.21. The van der Waals surface area contributed by atoms with Gasteiger partial charge < -0.3 is 9.64 Å². The van der Waals surface area contributed by atoms with Gasteiger partial charge in [-0.15, -0.1) is 11.3 Å². The molecule has 2 aromatic heterocycles. The van der Waals surface area contributed by atoms with Gasteiger partial charge in [0.25, 0.3) is 5.91 Å². The van der Waals surface area contributed by atoms with E-state index in [1.807, 2.05) is 23.1 Å². The van der Waals surface area contributed by atoms with E-state index in [-0.39, 0.29) is 11.9 Å². The SMILES string of the molecule is COc1ncccc1C(=O)N1CCc2sccc2[C@@H]1c1ccccc1. The Bertz CT molecular complexity index is 891. The lowest BCUT2D eigenvalue weighted by atomic mass is 9.92. The first-order valence-corrected chi connectivity index (χ1v) is 9.08. The van der Waals surface area contributed by atoms with E-state index >= 15 is 0 Å². The summed E-state index contributed by atoms with van der Waals surface area (Å²) in [6.07, 6.45) is 2.52. The number of amides is 1. The van der Waals surface area contributed by atoms with Gasteiger partial charge in [-0.05, 0) is 41.1 Å². The van der Waals surface area contributed by atoms with Crippen LogP contribution in [0.25, 0.3) is 0 Å². The zero-order valence-corrected chi connectivity index (χ0v) is 14.7. The Hall–Kier alpha value is -2.66. The molecule has 0 bridgehead atoms. The molecule has 0 N–H and O–H groups in total. The molecule has 3 heterocycles. The number of hydrogen-bond donors (Lipinski definition) is 0. The normalized spacial score (nSPS) is 16.4. The average molecular weight is 350 g/mol. The summed E-state index contributed by atoms with van der Waals surface area (Å²) >= 11 is 1.77. The summed E-state index contributed by atoms with van der Waals surface area (Å²) in [5.41, 5.74) is 2.85. The van der Waals surface area contributed by atoms with Gasteiger partial charge in [-0.2, -0.15) is 0 Å². The Balaban J connectivity index is 1.79. The quantitative estimate of drug-likeness (QED) is 0.718. The highest BCUT2D eigenvalue weighted by Gasteiger charge is 2.34. The Kier molecular flexibility index (Phi) is 4.24. The number of nitrogens with zero attached hydrogens (tertiary/aromatic N) is 2. The number of thiophene rings is 1. The molecule has 4 nitrogen and oxygen atoms in total. The molecule has 1 amide bonds. The minimum atomic E-state index is -0.0754. The molecule has 0 unspecified atom stereocenters. The third-order valence-electron chi connectivity index (χ3n) is 4.54. The molecule has 3 aromatic rings. The lowest BCUT2D eigenvalue weighted by Gasteiger charge is -2.36. The van der Waals surface area contributed by atoms with Crippen molar-refractivity contribution in [3.05, 3.63) is 81.7 Å². The van der Waals surface area contributed by atoms with E-state index < -0.39 is 0 Å². The van der Waals surface area contributed by atoms with Gasteiger partial charge in [0.1, 0.15) is 5.56 Å². The lowest BCUT2D eigenvalue weighted by Crippen LogP contribution is -2.40. The van der Waals surface area contributed by atoms with Gasteiger partial charge in [0, 0.05) is 17.6 Å². The molecule has 25 heavy (non-hydrogen) atoms. The summed E-state index contributed by atoms with van der Waals surface area (Å²) in [5.74, 6) is 0.325. The van der Waals surface area contributed by atoms with Crippen LogP contribution >= 0.6 is 11.3 Å². The Morgan fingerprint density at radius 3 is 2.84 bits per heavy atom. The second-order valence-electron chi connectivity index (χ2n) is 5.92. The number of rotatable bonds is 3. The molecular weight excluding hydrogens is 332 g/mol. The van der Waals surface area contributed by atoms with Crippen molar-refractivity contribution >= 4 is 17.2 Å². The van der Waals surface area contributed by atoms with E-state index in [4.69, 9.17) is 4.74 Å². The topological polar surface area (TPSA) is 42.4 Å². The molecule has 5 heteroatoms. The van der Waals surface area contributed by atoms with Crippen molar-refractivity contribution < 1.29 is 9.53 Å². The maximum atomic E-state index is 13.3. The molecule has 0 aliphatic carbocycles. The highest BCUT2D eigenvalue weighted by molar-refractivity contribution is 7.10. The molecule has 0 saturated carbocycles. The number of ether oxygens (including phenoxy) is 1. The van der Waals surface area contributed by atoms with Crippen molar-refractivity contribution in [2.45, 2.75) is 12.5 Å². The smallest absolute Gasteiger partial charge is 0.260 e. The van der Waals surface area contributed by atoms with Crippen molar-refractivity contribution in [3.63, 3.8) is 0 Å². The van der Waals surface area contributed by atoms with Crippen LogP contribution in [0.2, 0.25) is 0 Å². The van der Waals surface area contributed by atoms with Crippen LogP contribution in [0.15, 0.2) is 60.1 Å². The Labute approximate surface area is 150 Å². The molecule has 0 saturated heterocycles. The molecule has 126 valence electrons. The number of aromatic nitrogens is 1. The first-order chi connectivity index (χ1) is 12.3. The molecule has 1 aromatic carbocycles. The average Bonchev–Trinajstić information content (AvgIpc) is 3.16. The number of carbonyl (C=O) groups is 1. The maximum Gasteiger partial charge on any atom is 0.260 e. The molecule has 0 radical (unpaired) electrons. The van der Waals surface area contributed by atoms with E-state index in [1.54, 1.807) is 36.8 Å². The highest BCUT2D eigenvalue weighted by atomic mass is 32.1. The molecular formula is C20H18N2O2S. The number of benzene rings is 1. The molecule has 1 atom stereocenters. The fourth-order valence-electron chi connectivity index (χ4n) is 3.40. The molecule has 4 rings (SSSR count). The Morgan fingerprint density at radius 2 is 2.04 bits per heavy atom. The summed E-state index contributed by atoms with van der Waals surface area (Å²) in [5, 5.41) is 2.11. The number of hydrogen-bond acceptors (Lipinski definition) is 4. The van der Waals surface area contributed by atoms with Crippen molar-refractivity contribution in [3.8, 4) is 5.88 Å². The van der Waals surface area contributed by atoms with Crippen LogP contribution < -0.4 is 4.74 Å². The van der Waals surface area contributed by atoms with Gasteiger partial charge in [-0.25, -0.2) is 4.98 Å². The summed E-state index contributed by atoms with van der Waals surface area (Å²) in [6.45, 7) is 0.684. The molecule has 1 aliphatic heterocycles. The van der Waals surface area contributed by atoms with E-state index in [1.165, 1.54) is 10.4 Å². The Morgan fingerprint density at radius 1 is 1.20 bits per heavy atom. The van der Waals surface area contributed by atoms with Crippen molar-refractivity contribution in [2.75, 3.05) is 13.7 Å². The zero-order valence-electron chi connectivity index (χ0n) is 13.9. The molecule has 0 fully saturated rings. The van der Waals surface area contributed by atoms with Gasteiger partial charge in [-0.1, -0.05) is 30.3 Å². The van der Waals surface area contributed by atoms with E-state index in [0.717, 1.165) is 12.0 Å². The largest absolute Gasteiger partial charge is 0.480 e. The third-order valence-corrected chi connectivity index (χ3v) is 5.53. The van der Waals surface area contributed by atoms with Crippen LogP contribution in [0.5, 0.6) is 5.88 Å². The van der Waals surface area contributed by atoms with Crippen LogP contribution in [0.1, 0.15) is 32.4 Å². The second kappa shape index (κ2) is 6.69. The number of methoxy groups -OCH3 is 1. The van der Waals surface area contributed by atoms with E-state index in [9.17, 15) is 4.79 Å². The summed E-state index contributed by atoms with van der Waals surface area (Å²) in [4.78, 5) is 20.8. The van der Waals surface area contributed by atoms with Gasteiger partial charge in [0.15, 0.2) is 0 Å². The van der Waals surface area contributed by atoms with E-state index in [0.29, 0.717) is 18.0 Å². The third kappa shape index (κ3) is 2.81. The van der Waals surface area contributed by atoms with Gasteiger partial charge in [0.2, 0.25) is 5.88 Å². The van der Waals surface area contributed by atoms with Crippen LogP contribution in [0.4, 0.5) is 0 Å². The highest BCUT2D eigenvalue weighted by Crippen LogP contribution is 2.38. The predicted molar refractivity (Wildman–Crippen MR) is 98.1 cm³/mol. The standard InChI is InChI=1S/C20H18N2O2S/c1-24-19-16(8-5-11-21-19)20(23)22-12-9-17-15(10-13-25-17)18(22)14-6-3-2-4-7-14/h2-8,10-11,13,18H,9,12H2,1H3/t18-/m0/s1. The van der Waals surface area contributed by atoms with Gasteiger partial charge in [0.05, 0.1) is 13.2 Å². The first kappa shape index (κ1) is 15.8. The van der Waals surface area contributed by atoms with Crippen molar-refractivity contribution in [2.24, 2.45) is 0 Å². The minimum Gasteiger partial charge on any atom is -0.480 e. The number of pyridine rings is 1. The second-order valence-corrected chi connectivity index (χ2v) is 6.92. The van der Waals surface area contributed by atoms with Crippen LogP contribution in [-0.2, 0) is 6.42 Å². The van der Waals surface area contributed by atoms with Crippen molar-refractivity contribution in [1.29, 1.82) is 0 Å². The van der Waals surface area contributed by atoms with Crippen LogP contribution in [0.3, 0.4) is 0 Å². The lowest BCUT2D eigenvalue weighted by molar-refractivity contribution is 0.0692. The summed E-state index contributed by atoms with van der Waals surface area (Å²) < 4.78 is 5.30. The van der Waals surface area contributed by atoms with Crippen LogP contribution in [0, 0.1) is 0 Å². The fraction of sp³-hybridized carbons (Fsp3) is 0.200. The minimum absolute atomic E-state index is 0.0457. The molecule has 1 aliphatic rings. The molecule has 0 spiro atoms.